The molecule has 1 aromatic heterocycles. The van der Waals surface area contributed by atoms with Crippen LogP contribution in [0.2, 0.25) is 0 Å². The Hall–Kier alpha value is -2.10. The van der Waals surface area contributed by atoms with E-state index in [4.69, 9.17) is 5.73 Å². The van der Waals surface area contributed by atoms with Crippen molar-refractivity contribution in [2.75, 3.05) is 12.8 Å². The molecule has 1 amide bonds. The molecule has 0 spiro atoms. The number of rotatable bonds is 1. The fraction of sp³-hybridized carbons (Fsp3) is 0.0909. The summed E-state index contributed by atoms with van der Waals surface area (Å²) in [4.78, 5) is 15.6. The van der Waals surface area contributed by atoms with Crippen LogP contribution in [0.4, 0.5) is 5.69 Å². The number of carbonyl (C=O) groups excluding carboxylic acids is 1. The molecular formula is C11H11N3O. The summed E-state index contributed by atoms with van der Waals surface area (Å²) in [6.45, 7) is 0. The van der Waals surface area contributed by atoms with Gasteiger partial charge in [-0.25, -0.2) is 4.98 Å². The Morgan fingerprint density at radius 2 is 2.13 bits per heavy atom. The third kappa shape index (κ3) is 1.61. The van der Waals surface area contributed by atoms with Crippen molar-refractivity contribution in [1.82, 2.24) is 10.3 Å². The largest absolute Gasteiger partial charge is 0.397 e. The SMILES string of the molecule is CNC(=O)c1ccc2cccc(N)c2n1. The van der Waals surface area contributed by atoms with E-state index >= 15 is 0 Å². The molecule has 15 heavy (non-hydrogen) atoms. The maximum atomic E-state index is 11.4. The summed E-state index contributed by atoms with van der Waals surface area (Å²) < 4.78 is 0. The summed E-state index contributed by atoms with van der Waals surface area (Å²) in [6.07, 6.45) is 0. The second-order valence-corrected chi connectivity index (χ2v) is 3.19. The van der Waals surface area contributed by atoms with E-state index in [2.05, 4.69) is 10.3 Å². The number of nitrogens with one attached hydrogen (secondary N) is 1. The van der Waals surface area contributed by atoms with Crippen LogP contribution in [0.3, 0.4) is 0 Å². The van der Waals surface area contributed by atoms with Crippen LogP contribution in [0.15, 0.2) is 30.3 Å². The molecule has 2 aromatic rings. The van der Waals surface area contributed by atoms with E-state index in [-0.39, 0.29) is 5.91 Å². The molecule has 0 atom stereocenters. The summed E-state index contributed by atoms with van der Waals surface area (Å²) >= 11 is 0. The first kappa shape index (κ1) is 9.45. The summed E-state index contributed by atoms with van der Waals surface area (Å²) in [7, 11) is 1.57. The number of amides is 1. The van der Waals surface area contributed by atoms with Gasteiger partial charge >= 0.3 is 0 Å². The minimum Gasteiger partial charge on any atom is -0.397 e. The van der Waals surface area contributed by atoms with Gasteiger partial charge in [0.1, 0.15) is 5.69 Å². The van der Waals surface area contributed by atoms with Crippen LogP contribution >= 0.6 is 0 Å². The second kappa shape index (κ2) is 3.57. The zero-order valence-corrected chi connectivity index (χ0v) is 8.32. The quantitative estimate of drug-likeness (QED) is 0.681. The van der Waals surface area contributed by atoms with Gasteiger partial charge in [0, 0.05) is 12.4 Å². The molecule has 4 heteroatoms. The maximum absolute atomic E-state index is 11.4. The van der Waals surface area contributed by atoms with Gasteiger partial charge in [-0.3, -0.25) is 4.79 Å². The average molecular weight is 201 g/mol. The molecule has 0 saturated carbocycles. The van der Waals surface area contributed by atoms with Gasteiger partial charge in [0.05, 0.1) is 11.2 Å². The van der Waals surface area contributed by atoms with Crippen LogP contribution in [-0.4, -0.2) is 17.9 Å². The Labute approximate surface area is 87.1 Å². The monoisotopic (exact) mass is 201 g/mol. The number of nitrogens with zero attached hydrogens (tertiary/aromatic N) is 1. The number of para-hydroxylation sites is 1. The first-order chi connectivity index (χ1) is 7.22. The standard InChI is InChI=1S/C11H11N3O/c1-13-11(15)9-6-5-7-3-2-4-8(12)10(7)14-9/h2-6H,12H2,1H3,(H,13,15). The lowest BCUT2D eigenvalue weighted by Gasteiger charge is -2.03. The Morgan fingerprint density at radius 3 is 2.87 bits per heavy atom. The fourth-order valence-electron chi connectivity index (χ4n) is 1.42. The van der Waals surface area contributed by atoms with Gasteiger partial charge in [-0.05, 0) is 12.1 Å². The Balaban J connectivity index is 2.64. The van der Waals surface area contributed by atoms with Crippen LogP contribution in [0.1, 0.15) is 10.5 Å². The van der Waals surface area contributed by atoms with Crippen LogP contribution < -0.4 is 11.1 Å². The van der Waals surface area contributed by atoms with Crippen molar-refractivity contribution in [1.29, 1.82) is 0 Å². The van der Waals surface area contributed by atoms with E-state index in [9.17, 15) is 4.79 Å². The fourth-order valence-corrected chi connectivity index (χ4v) is 1.42. The number of carbonyl (C=O) groups is 1. The van der Waals surface area contributed by atoms with Crippen molar-refractivity contribution >= 4 is 22.5 Å². The molecule has 3 N–H and O–H groups in total. The van der Waals surface area contributed by atoms with E-state index in [1.807, 2.05) is 18.2 Å². The van der Waals surface area contributed by atoms with E-state index < -0.39 is 0 Å². The molecule has 0 unspecified atom stereocenters. The van der Waals surface area contributed by atoms with E-state index in [0.29, 0.717) is 16.9 Å². The second-order valence-electron chi connectivity index (χ2n) is 3.19. The maximum Gasteiger partial charge on any atom is 0.269 e. The molecule has 0 aliphatic heterocycles. The van der Waals surface area contributed by atoms with Gasteiger partial charge in [0.25, 0.3) is 5.91 Å². The molecule has 0 saturated heterocycles. The first-order valence-electron chi connectivity index (χ1n) is 4.59. The number of fused-ring (bicyclic) bond motifs is 1. The highest BCUT2D eigenvalue weighted by atomic mass is 16.1. The van der Waals surface area contributed by atoms with Crippen LogP contribution in [0, 0.1) is 0 Å². The lowest BCUT2D eigenvalue weighted by molar-refractivity contribution is 0.0958. The molecule has 0 fully saturated rings. The Morgan fingerprint density at radius 1 is 1.33 bits per heavy atom. The van der Waals surface area contributed by atoms with Gasteiger partial charge in [-0.15, -0.1) is 0 Å². The minimum absolute atomic E-state index is 0.208. The molecule has 2 rings (SSSR count). The minimum atomic E-state index is -0.208. The van der Waals surface area contributed by atoms with Gasteiger partial charge in [-0.1, -0.05) is 18.2 Å². The van der Waals surface area contributed by atoms with Crippen molar-refractivity contribution in [2.24, 2.45) is 0 Å². The predicted molar refractivity (Wildman–Crippen MR) is 59.5 cm³/mol. The highest BCUT2D eigenvalue weighted by molar-refractivity contribution is 5.97. The topological polar surface area (TPSA) is 68.0 Å². The van der Waals surface area contributed by atoms with Crippen LogP contribution in [0.5, 0.6) is 0 Å². The zero-order valence-electron chi connectivity index (χ0n) is 8.32. The Bertz CT molecular complexity index is 522. The molecule has 1 aromatic carbocycles. The number of nitrogen functional groups attached to an aromatic ring is 1. The first-order valence-corrected chi connectivity index (χ1v) is 4.59. The summed E-state index contributed by atoms with van der Waals surface area (Å²) in [5.74, 6) is -0.208. The molecule has 1 heterocycles. The number of pyridine rings is 1. The number of hydrogen-bond acceptors (Lipinski definition) is 3. The molecule has 0 aliphatic carbocycles. The van der Waals surface area contributed by atoms with E-state index in [1.54, 1.807) is 19.2 Å². The third-order valence-corrected chi connectivity index (χ3v) is 2.21. The molecule has 76 valence electrons. The normalized spacial score (nSPS) is 10.2. The number of nitrogens with two attached hydrogens (primary N) is 1. The van der Waals surface area contributed by atoms with E-state index in [0.717, 1.165) is 5.39 Å². The predicted octanol–water partition coefficient (Wildman–Crippen LogP) is 1.18. The summed E-state index contributed by atoms with van der Waals surface area (Å²) in [6, 6.07) is 9.05. The van der Waals surface area contributed by atoms with Gasteiger partial charge in [-0.2, -0.15) is 0 Å². The Kier molecular flexibility index (Phi) is 2.25. The van der Waals surface area contributed by atoms with Gasteiger partial charge in [0.2, 0.25) is 0 Å². The van der Waals surface area contributed by atoms with E-state index in [1.165, 1.54) is 0 Å². The highest BCUT2D eigenvalue weighted by Gasteiger charge is 2.06. The van der Waals surface area contributed by atoms with Crippen molar-refractivity contribution in [2.45, 2.75) is 0 Å². The van der Waals surface area contributed by atoms with Crippen LogP contribution in [0.25, 0.3) is 10.9 Å². The van der Waals surface area contributed by atoms with Crippen LogP contribution in [-0.2, 0) is 0 Å². The summed E-state index contributed by atoms with van der Waals surface area (Å²) in [5.41, 5.74) is 7.40. The van der Waals surface area contributed by atoms with Gasteiger partial charge < -0.3 is 11.1 Å². The van der Waals surface area contributed by atoms with Crippen molar-refractivity contribution < 1.29 is 4.79 Å². The number of hydrogen-bond donors (Lipinski definition) is 2. The van der Waals surface area contributed by atoms with Crippen molar-refractivity contribution in [3.8, 4) is 0 Å². The number of anilines is 1. The van der Waals surface area contributed by atoms with Gasteiger partial charge in [0.15, 0.2) is 0 Å². The molecule has 0 aliphatic rings. The molecular weight excluding hydrogens is 190 g/mol. The third-order valence-electron chi connectivity index (χ3n) is 2.21. The number of benzene rings is 1. The number of aromatic nitrogens is 1. The smallest absolute Gasteiger partial charge is 0.269 e. The lowest BCUT2D eigenvalue weighted by Crippen LogP contribution is -2.19. The molecule has 0 bridgehead atoms. The summed E-state index contributed by atoms with van der Waals surface area (Å²) in [5, 5.41) is 3.46. The lowest BCUT2D eigenvalue weighted by atomic mass is 10.2. The zero-order chi connectivity index (χ0) is 10.8. The van der Waals surface area contributed by atoms with Crippen molar-refractivity contribution in [3.05, 3.63) is 36.0 Å². The van der Waals surface area contributed by atoms with Crippen molar-refractivity contribution in [3.63, 3.8) is 0 Å². The molecule has 4 nitrogen and oxygen atoms in total. The average Bonchev–Trinajstić information content (AvgIpc) is 2.28. The highest BCUT2D eigenvalue weighted by Crippen LogP contribution is 2.18. The molecule has 0 radical (unpaired) electrons.